The molecule has 1 aliphatic heterocycles. The van der Waals surface area contributed by atoms with Gasteiger partial charge in [-0.2, -0.15) is 0 Å². The molecule has 5 nitrogen and oxygen atoms in total. The van der Waals surface area contributed by atoms with E-state index in [1.807, 2.05) is 30.3 Å². The largest absolute Gasteiger partial charge is 0.378 e. The van der Waals surface area contributed by atoms with Crippen LogP contribution in [0.25, 0.3) is 0 Å². The number of hydrogen-bond acceptors (Lipinski definition) is 4. The van der Waals surface area contributed by atoms with Crippen LogP contribution in [0.4, 0.5) is 0 Å². The Labute approximate surface area is 119 Å². The molecule has 1 fully saturated rings. The van der Waals surface area contributed by atoms with Gasteiger partial charge in [-0.25, -0.2) is 5.48 Å². The lowest BCUT2D eigenvalue weighted by molar-refractivity contribution is -0.136. The fourth-order valence-corrected chi connectivity index (χ4v) is 2.11. The summed E-state index contributed by atoms with van der Waals surface area (Å²) in [5.74, 6) is -0.144. The van der Waals surface area contributed by atoms with Crippen LogP contribution < -0.4 is 10.8 Å². The van der Waals surface area contributed by atoms with Crippen molar-refractivity contribution in [2.45, 2.75) is 32.0 Å². The first-order valence-electron chi connectivity index (χ1n) is 7.11. The Morgan fingerprint density at radius 1 is 1.25 bits per heavy atom. The lowest BCUT2D eigenvalue weighted by Crippen LogP contribution is -2.33. The molecule has 0 atom stereocenters. The van der Waals surface area contributed by atoms with Crippen molar-refractivity contribution < 1.29 is 14.4 Å². The molecular formula is C15H22N2O3. The van der Waals surface area contributed by atoms with Crippen molar-refractivity contribution in [3.63, 3.8) is 0 Å². The van der Waals surface area contributed by atoms with Gasteiger partial charge >= 0.3 is 0 Å². The molecule has 1 saturated heterocycles. The smallest absolute Gasteiger partial charge is 0.245 e. The lowest BCUT2D eigenvalue weighted by atomic mass is 10.1. The molecule has 0 aliphatic carbocycles. The van der Waals surface area contributed by atoms with E-state index in [4.69, 9.17) is 9.57 Å². The maximum absolute atomic E-state index is 11.5. The first kappa shape index (κ1) is 15.0. The van der Waals surface area contributed by atoms with Crippen LogP contribution in [0.3, 0.4) is 0 Å². The summed E-state index contributed by atoms with van der Waals surface area (Å²) < 4.78 is 5.66. The van der Waals surface area contributed by atoms with E-state index in [0.717, 1.165) is 31.5 Å². The van der Waals surface area contributed by atoms with Crippen molar-refractivity contribution in [1.29, 1.82) is 0 Å². The number of carbonyl (C=O) groups is 1. The van der Waals surface area contributed by atoms with Crippen molar-refractivity contribution >= 4 is 5.91 Å². The average Bonchev–Trinajstić information content (AvgIpc) is 2.49. The molecule has 0 saturated carbocycles. The van der Waals surface area contributed by atoms with Crippen LogP contribution in [0.5, 0.6) is 0 Å². The maximum atomic E-state index is 11.5. The third kappa shape index (κ3) is 5.69. The summed E-state index contributed by atoms with van der Waals surface area (Å²) in [5, 5.41) is 3.28. The molecule has 0 radical (unpaired) electrons. The van der Waals surface area contributed by atoms with Gasteiger partial charge in [-0.1, -0.05) is 30.3 Å². The molecular weight excluding hydrogens is 256 g/mol. The number of rotatable bonds is 7. The third-order valence-corrected chi connectivity index (χ3v) is 3.24. The minimum absolute atomic E-state index is 0.144. The van der Waals surface area contributed by atoms with E-state index in [1.54, 1.807) is 0 Å². The van der Waals surface area contributed by atoms with Crippen LogP contribution in [0.2, 0.25) is 0 Å². The number of benzene rings is 1. The van der Waals surface area contributed by atoms with Crippen molar-refractivity contribution in [2.24, 2.45) is 0 Å². The average molecular weight is 278 g/mol. The van der Waals surface area contributed by atoms with Gasteiger partial charge in [0.2, 0.25) is 5.91 Å². The Balaban J connectivity index is 1.52. The van der Waals surface area contributed by atoms with Crippen molar-refractivity contribution in [3.05, 3.63) is 35.9 Å². The molecule has 0 unspecified atom stereocenters. The zero-order chi connectivity index (χ0) is 14.0. The Morgan fingerprint density at radius 2 is 2.00 bits per heavy atom. The lowest BCUT2D eigenvalue weighted by Gasteiger charge is -2.22. The van der Waals surface area contributed by atoms with Crippen LogP contribution in [0, 0.1) is 0 Å². The SMILES string of the molecule is O=C(CCOC1CCNCC1)NOCc1ccccc1. The molecule has 0 spiro atoms. The van der Waals surface area contributed by atoms with Gasteiger partial charge in [-0.15, -0.1) is 0 Å². The van der Waals surface area contributed by atoms with E-state index >= 15 is 0 Å². The quantitative estimate of drug-likeness (QED) is 0.740. The number of nitrogens with one attached hydrogen (secondary N) is 2. The van der Waals surface area contributed by atoms with Gasteiger partial charge < -0.3 is 10.1 Å². The second-order valence-electron chi connectivity index (χ2n) is 4.87. The van der Waals surface area contributed by atoms with E-state index in [0.29, 0.717) is 19.6 Å². The fourth-order valence-electron chi connectivity index (χ4n) is 2.11. The predicted octanol–water partition coefficient (Wildman–Crippen LogP) is 1.39. The van der Waals surface area contributed by atoms with E-state index in [-0.39, 0.29) is 12.0 Å². The molecule has 5 heteroatoms. The highest BCUT2D eigenvalue weighted by molar-refractivity contribution is 5.74. The monoisotopic (exact) mass is 278 g/mol. The van der Waals surface area contributed by atoms with E-state index in [9.17, 15) is 4.79 Å². The van der Waals surface area contributed by atoms with Crippen molar-refractivity contribution in [2.75, 3.05) is 19.7 Å². The summed E-state index contributed by atoms with van der Waals surface area (Å²) in [7, 11) is 0. The molecule has 1 amide bonds. The Hall–Kier alpha value is -1.43. The molecule has 1 aromatic carbocycles. The minimum Gasteiger partial charge on any atom is -0.378 e. The summed E-state index contributed by atoms with van der Waals surface area (Å²) >= 11 is 0. The summed E-state index contributed by atoms with van der Waals surface area (Å²) in [6.45, 7) is 2.82. The maximum Gasteiger partial charge on any atom is 0.245 e. The predicted molar refractivity (Wildman–Crippen MR) is 75.8 cm³/mol. The van der Waals surface area contributed by atoms with Gasteiger partial charge in [0.15, 0.2) is 0 Å². The topological polar surface area (TPSA) is 59.6 Å². The van der Waals surface area contributed by atoms with Gasteiger partial charge in [0.25, 0.3) is 0 Å². The molecule has 1 heterocycles. The molecule has 1 aromatic rings. The molecule has 2 N–H and O–H groups in total. The fraction of sp³-hybridized carbons (Fsp3) is 0.533. The summed E-state index contributed by atoms with van der Waals surface area (Å²) in [6.07, 6.45) is 2.66. The molecule has 0 aromatic heterocycles. The standard InChI is InChI=1S/C15H22N2O3/c18-15(8-11-19-14-6-9-16-10-7-14)17-20-12-13-4-2-1-3-5-13/h1-5,14,16H,6-12H2,(H,17,18). The second kappa shape index (κ2) is 8.68. The van der Waals surface area contributed by atoms with E-state index in [1.165, 1.54) is 0 Å². The highest BCUT2D eigenvalue weighted by atomic mass is 16.6. The first-order valence-corrected chi connectivity index (χ1v) is 7.11. The number of carbonyl (C=O) groups excluding carboxylic acids is 1. The highest BCUT2D eigenvalue weighted by Crippen LogP contribution is 2.07. The van der Waals surface area contributed by atoms with E-state index in [2.05, 4.69) is 10.8 Å². The molecule has 110 valence electrons. The van der Waals surface area contributed by atoms with Crippen LogP contribution in [-0.2, 0) is 21.0 Å². The number of hydrogen-bond donors (Lipinski definition) is 2. The van der Waals surface area contributed by atoms with Gasteiger partial charge in [-0.05, 0) is 31.5 Å². The molecule has 2 rings (SSSR count). The normalized spacial score (nSPS) is 16.0. The number of piperidine rings is 1. The van der Waals surface area contributed by atoms with Gasteiger partial charge in [0, 0.05) is 0 Å². The Bertz CT molecular complexity index is 391. The number of amides is 1. The van der Waals surface area contributed by atoms with Gasteiger partial charge in [0.1, 0.15) is 0 Å². The third-order valence-electron chi connectivity index (χ3n) is 3.24. The van der Waals surface area contributed by atoms with Crippen LogP contribution >= 0.6 is 0 Å². The van der Waals surface area contributed by atoms with Crippen LogP contribution in [-0.4, -0.2) is 31.7 Å². The van der Waals surface area contributed by atoms with Gasteiger partial charge in [-0.3, -0.25) is 9.63 Å². The first-order chi connectivity index (χ1) is 9.84. The zero-order valence-corrected chi connectivity index (χ0v) is 11.6. The van der Waals surface area contributed by atoms with Crippen LogP contribution in [0.1, 0.15) is 24.8 Å². The summed E-state index contributed by atoms with van der Waals surface area (Å²) in [4.78, 5) is 16.7. The number of ether oxygens (including phenoxy) is 1. The second-order valence-corrected chi connectivity index (χ2v) is 4.87. The zero-order valence-electron chi connectivity index (χ0n) is 11.6. The van der Waals surface area contributed by atoms with Crippen molar-refractivity contribution in [3.8, 4) is 0 Å². The van der Waals surface area contributed by atoms with Crippen LogP contribution in [0.15, 0.2) is 30.3 Å². The van der Waals surface area contributed by atoms with Gasteiger partial charge in [0.05, 0.1) is 25.7 Å². The summed E-state index contributed by atoms with van der Waals surface area (Å²) in [5.41, 5.74) is 3.46. The molecule has 0 bridgehead atoms. The number of hydroxylamine groups is 1. The Kier molecular flexibility index (Phi) is 6.50. The van der Waals surface area contributed by atoms with E-state index < -0.39 is 0 Å². The highest BCUT2D eigenvalue weighted by Gasteiger charge is 2.13. The molecule has 1 aliphatic rings. The van der Waals surface area contributed by atoms with Crippen molar-refractivity contribution in [1.82, 2.24) is 10.8 Å². The molecule has 20 heavy (non-hydrogen) atoms. The Morgan fingerprint density at radius 3 is 2.75 bits per heavy atom. The minimum atomic E-state index is -0.144. The summed E-state index contributed by atoms with van der Waals surface area (Å²) in [6, 6.07) is 9.72.